The summed E-state index contributed by atoms with van der Waals surface area (Å²) in [6, 6.07) is 0.499. The Labute approximate surface area is 147 Å². The molecule has 2 aromatic rings. The van der Waals surface area contributed by atoms with Gasteiger partial charge in [0.25, 0.3) is 0 Å². The molecular formula is C16H29N7O2. The molecule has 2 aromatic heterocycles. The van der Waals surface area contributed by atoms with E-state index in [1.54, 1.807) is 13.8 Å². The maximum Gasteiger partial charge on any atom is 0.327 e. The van der Waals surface area contributed by atoms with Gasteiger partial charge in [-0.15, -0.1) is 0 Å². The van der Waals surface area contributed by atoms with Crippen LogP contribution in [0.25, 0.3) is 11.2 Å². The van der Waals surface area contributed by atoms with E-state index in [0.717, 1.165) is 13.0 Å². The van der Waals surface area contributed by atoms with Crippen LogP contribution in [0, 0.1) is 0 Å². The van der Waals surface area contributed by atoms with Gasteiger partial charge in [0.1, 0.15) is 5.52 Å². The van der Waals surface area contributed by atoms with Crippen molar-refractivity contribution in [2.75, 3.05) is 31.2 Å². The fourth-order valence-electron chi connectivity index (χ4n) is 2.45. The van der Waals surface area contributed by atoms with Crippen molar-refractivity contribution in [1.82, 2.24) is 24.4 Å². The summed E-state index contributed by atoms with van der Waals surface area (Å²) in [5, 5.41) is 13.2. The fraction of sp³-hybridized carbons (Fsp3) is 0.688. The third-order valence-electron chi connectivity index (χ3n) is 4.05. The number of nitrogens with one attached hydrogen (secondary N) is 2. The van der Waals surface area contributed by atoms with E-state index >= 15 is 0 Å². The molecule has 0 spiro atoms. The maximum atomic E-state index is 12.1. The summed E-state index contributed by atoms with van der Waals surface area (Å²) >= 11 is 0. The standard InChI is InChI=1S/C16H29N7O2/c1-10(2)22(5)8-6-7-18-14-20-12(17)11-13(21-14)23(15(24)19-11)9-16(3,4)25/h10,25H,6-9H2,1-5H3,(H,19,24)(H3,17,18,20,21). The van der Waals surface area contributed by atoms with E-state index in [4.69, 9.17) is 5.73 Å². The van der Waals surface area contributed by atoms with Gasteiger partial charge in [0.2, 0.25) is 5.95 Å². The topological polar surface area (TPSA) is 125 Å². The number of fused-ring (bicyclic) bond motifs is 1. The van der Waals surface area contributed by atoms with E-state index in [9.17, 15) is 9.90 Å². The van der Waals surface area contributed by atoms with Gasteiger partial charge in [-0.1, -0.05) is 0 Å². The van der Waals surface area contributed by atoms with E-state index in [1.165, 1.54) is 4.57 Å². The number of nitrogens with zero attached hydrogens (tertiary/aromatic N) is 4. The van der Waals surface area contributed by atoms with E-state index in [2.05, 4.69) is 46.1 Å². The molecule has 9 nitrogen and oxygen atoms in total. The summed E-state index contributed by atoms with van der Waals surface area (Å²) in [7, 11) is 2.08. The molecule has 2 rings (SSSR count). The molecule has 2 heterocycles. The van der Waals surface area contributed by atoms with Crippen LogP contribution in [-0.4, -0.2) is 61.3 Å². The van der Waals surface area contributed by atoms with Crippen LogP contribution in [0.3, 0.4) is 0 Å². The molecular weight excluding hydrogens is 322 g/mol. The third-order valence-corrected chi connectivity index (χ3v) is 4.05. The number of nitrogens with two attached hydrogens (primary N) is 1. The van der Waals surface area contributed by atoms with Crippen LogP contribution in [0.1, 0.15) is 34.1 Å². The minimum atomic E-state index is -1.05. The lowest BCUT2D eigenvalue weighted by Gasteiger charge is -2.20. The average Bonchev–Trinajstić information content (AvgIpc) is 2.79. The Morgan fingerprint density at radius 3 is 2.68 bits per heavy atom. The summed E-state index contributed by atoms with van der Waals surface area (Å²) in [6.07, 6.45) is 0.930. The van der Waals surface area contributed by atoms with Crippen molar-refractivity contribution in [3.63, 3.8) is 0 Å². The monoisotopic (exact) mass is 351 g/mol. The highest BCUT2D eigenvalue weighted by Gasteiger charge is 2.20. The number of aromatic amines is 1. The van der Waals surface area contributed by atoms with Gasteiger partial charge in [-0.25, -0.2) is 4.79 Å². The molecule has 0 aliphatic carbocycles. The van der Waals surface area contributed by atoms with Crippen LogP contribution in [0.5, 0.6) is 0 Å². The molecule has 140 valence electrons. The van der Waals surface area contributed by atoms with Crippen LogP contribution in [-0.2, 0) is 6.54 Å². The van der Waals surface area contributed by atoms with E-state index in [-0.39, 0.29) is 18.1 Å². The number of H-pyrrole nitrogens is 1. The molecule has 5 N–H and O–H groups in total. The van der Waals surface area contributed by atoms with Crippen molar-refractivity contribution in [3.8, 4) is 0 Å². The van der Waals surface area contributed by atoms with Crippen LogP contribution in [0.4, 0.5) is 11.8 Å². The first kappa shape index (κ1) is 19.2. The maximum absolute atomic E-state index is 12.1. The zero-order valence-electron chi connectivity index (χ0n) is 15.6. The number of hydrogen-bond donors (Lipinski definition) is 4. The first-order valence-electron chi connectivity index (χ1n) is 8.51. The zero-order chi connectivity index (χ0) is 18.8. The normalized spacial score (nSPS) is 12.5. The van der Waals surface area contributed by atoms with Crippen LogP contribution in [0.15, 0.2) is 4.79 Å². The second kappa shape index (κ2) is 7.40. The molecule has 0 amide bonds. The van der Waals surface area contributed by atoms with Gasteiger partial charge >= 0.3 is 5.69 Å². The Morgan fingerprint density at radius 2 is 2.08 bits per heavy atom. The molecule has 0 aliphatic heterocycles. The van der Waals surface area contributed by atoms with Gasteiger partial charge < -0.3 is 26.0 Å². The minimum absolute atomic E-state index is 0.112. The van der Waals surface area contributed by atoms with E-state index in [0.29, 0.717) is 29.7 Å². The van der Waals surface area contributed by atoms with Crippen molar-refractivity contribution >= 4 is 22.9 Å². The number of anilines is 2. The first-order chi connectivity index (χ1) is 11.6. The summed E-state index contributed by atoms with van der Waals surface area (Å²) in [6.45, 7) is 9.33. The Morgan fingerprint density at radius 1 is 1.40 bits per heavy atom. The molecule has 0 saturated carbocycles. The van der Waals surface area contributed by atoms with Crippen LogP contribution < -0.4 is 16.7 Å². The largest absolute Gasteiger partial charge is 0.389 e. The smallest absolute Gasteiger partial charge is 0.327 e. The quantitative estimate of drug-likeness (QED) is 0.514. The molecule has 0 aromatic carbocycles. The molecule has 25 heavy (non-hydrogen) atoms. The van der Waals surface area contributed by atoms with Crippen molar-refractivity contribution in [3.05, 3.63) is 10.5 Å². The predicted molar refractivity (Wildman–Crippen MR) is 99.7 cm³/mol. The number of imidazole rings is 1. The molecule has 0 atom stereocenters. The number of hydrogen-bond acceptors (Lipinski definition) is 7. The number of aliphatic hydroxyl groups is 1. The third kappa shape index (κ3) is 4.93. The highest BCUT2D eigenvalue weighted by atomic mass is 16.3. The average molecular weight is 351 g/mol. The lowest BCUT2D eigenvalue weighted by Crippen LogP contribution is -2.31. The Balaban J connectivity index is 2.16. The molecule has 9 heteroatoms. The SMILES string of the molecule is CC(C)N(C)CCCNc1nc(N)c2[nH]c(=O)n(CC(C)(C)O)c2n1. The molecule has 0 saturated heterocycles. The highest BCUT2D eigenvalue weighted by Crippen LogP contribution is 2.18. The predicted octanol–water partition coefficient (Wildman–Crippen LogP) is 0.615. The van der Waals surface area contributed by atoms with E-state index < -0.39 is 5.60 Å². The highest BCUT2D eigenvalue weighted by molar-refractivity contribution is 5.82. The molecule has 0 radical (unpaired) electrons. The Hall–Kier alpha value is -2.13. The van der Waals surface area contributed by atoms with Crippen molar-refractivity contribution in [2.45, 2.75) is 52.3 Å². The molecule has 0 aliphatic rings. The van der Waals surface area contributed by atoms with Gasteiger partial charge in [0.15, 0.2) is 11.5 Å². The second-order valence-electron chi connectivity index (χ2n) is 7.31. The summed E-state index contributed by atoms with van der Waals surface area (Å²) in [5.74, 6) is 0.582. The van der Waals surface area contributed by atoms with Gasteiger partial charge in [-0.3, -0.25) is 4.57 Å². The van der Waals surface area contributed by atoms with Crippen LogP contribution in [0.2, 0.25) is 0 Å². The summed E-state index contributed by atoms with van der Waals surface area (Å²) < 4.78 is 1.38. The molecule has 0 bridgehead atoms. The van der Waals surface area contributed by atoms with Gasteiger partial charge in [0.05, 0.1) is 12.1 Å². The van der Waals surface area contributed by atoms with Crippen molar-refractivity contribution < 1.29 is 5.11 Å². The van der Waals surface area contributed by atoms with Crippen molar-refractivity contribution in [1.29, 1.82) is 0 Å². The number of aromatic nitrogens is 4. The summed E-state index contributed by atoms with van der Waals surface area (Å²) in [5.41, 5.74) is 5.31. The van der Waals surface area contributed by atoms with Crippen molar-refractivity contribution in [2.24, 2.45) is 0 Å². The van der Waals surface area contributed by atoms with Gasteiger partial charge in [-0.2, -0.15) is 9.97 Å². The zero-order valence-corrected chi connectivity index (χ0v) is 15.6. The van der Waals surface area contributed by atoms with E-state index in [1.807, 2.05) is 0 Å². The Bertz CT molecular complexity index is 773. The molecule has 0 unspecified atom stereocenters. The summed E-state index contributed by atoms with van der Waals surface area (Å²) in [4.78, 5) is 25.6. The molecule has 0 fully saturated rings. The second-order valence-corrected chi connectivity index (χ2v) is 7.31. The van der Waals surface area contributed by atoms with Gasteiger partial charge in [-0.05, 0) is 47.7 Å². The fourth-order valence-corrected chi connectivity index (χ4v) is 2.45. The number of rotatable bonds is 8. The van der Waals surface area contributed by atoms with Gasteiger partial charge in [0, 0.05) is 12.6 Å². The first-order valence-corrected chi connectivity index (χ1v) is 8.51. The minimum Gasteiger partial charge on any atom is -0.389 e. The number of nitrogen functional groups attached to an aromatic ring is 1. The van der Waals surface area contributed by atoms with Crippen LogP contribution >= 0.6 is 0 Å². The Kier molecular flexibility index (Phi) is 5.69. The lowest BCUT2D eigenvalue weighted by molar-refractivity contribution is 0.0616. The lowest BCUT2D eigenvalue weighted by atomic mass is 10.1.